The molecule has 4 rings (SSSR count). The van der Waals surface area contributed by atoms with E-state index in [4.69, 9.17) is 4.52 Å². The van der Waals surface area contributed by atoms with E-state index in [-0.39, 0.29) is 0 Å². The van der Waals surface area contributed by atoms with Gasteiger partial charge in [0.15, 0.2) is 0 Å². The lowest BCUT2D eigenvalue weighted by Gasteiger charge is -2.06. The highest BCUT2D eigenvalue weighted by molar-refractivity contribution is 5.87. The summed E-state index contributed by atoms with van der Waals surface area (Å²) in [4.78, 5) is 4.53. The molecule has 3 aromatic heterocycles. The second-order valence-electron chi connectivity index (χ2n) is 4.30. The van der Waals surface area contributed by atoms with Gasteiger partial charge in [-0.05, 0) is 11.6 Å². The fraction of sp³-hybridized carbons (Fsp3) is 0. The summed E-state index contributed by atoms with van der Waals surface area (Å²) in [5.41, 5.74) is 4.67. The van der Waals surface area contributed by atoms with Crippen LogP contribution in [-0.2, 0) is 0 Å². The first-order valence-electron chi connectivity index (χ1n) is 6.09. The van der Waals surface area contributed by atoms with Crippen LogP contribution in [0.1, 0.15) is 0 Å². The Bertz CT molecular complexity index is 852. The molecule has 0 fully saturated rings. The van der Waals surface area contributed by atoms with E-state index >= 15 is 0 Å². The quantitative estimate of drug-likeness (QED) is 0.601. The van der Waals surface area contributed by atoms with E-state index in [0.717, 1.165) is 22.3 Å². The van der Waals surface area contributed by atoms with E-state index in [0.29, 0.717) is 11.3 Å². The molecule has 0 bridgehead atoms. The Kier molecular flexibility index (Phi) is 2.32. The van der Waals surface area contributed by atoms with E-state index < -0.39 is 0 Å². The van der Waals surface area contributed by atoms with Crippen LogP contribution in [0.2, 0.25) is 0 Å². The molecule has 0 spiro atoms. The number of nitrogens with one attached hydrogen (secondary N) is 1. The molecule has 0 saturated heterocycles. The Hall–Kier alpha value is -3.02. The van der Waals surface area contributed by atoms with Crippen molar-refractivity contribution in [2.75, 3.05) is 0 Å². The Labute approximate surface area is 113 Å². The summed E-state index contributed by atoms with van der Waals surface area (Å²) >= 11 is 0. The second-order valence-corrected chi connectivity index (χ2v) is 4.30. The molecule has 0 aliphatic carbocycles. The predicted octanol–water partition coefficient (Wildman–Crippen LogP) is 2.67. The third-order valence-electron chi connectivity index (χ3n) is 3.07. The maximum atomic E-state index is 4.92. The van der Waals surface area contributed by atoms with Crippen molar-refractivity contribution in [1.82, 2.24) is 25.6 Å². The van der Waals surface area contributed by atoms with Crippen LogP contribution in [-0.4, -0.2) is 25.6 Å². The average Bonchev–Trinajstić information content (AvgIpc) is 3.17. The molecule has 0 amide bonds. The fourth-order valence-corrected chi connectivity index (χ4v) is 2.15. The molecule has 0 radical (unpaired) electrons. The van der Waals surface area contributed by atoms with Crippen molar-refractivity contribution in [1.29, 1.82) is 0 Å². The van der Waals surface area contributed by atoms with E-state index in [2.05, 4.69) is 25.6 Å². The number of hydrogen-bond donors (Lipinski definition) is 1. The molecule has 0 unspecified atom stereocenters. The largest absolute Gasteiger partial charge is 0.364 e. The Morgan fingerprint density at radius 2 is 1.90 bits per heavy atom. The third-order valence-corrected chi connectivity index (χ3v) is 3.07. The van der Waals surface area contributed by atoms with Crippen molar-refractivity contribution in [3.63, 3.8) is 0 Å². The van der Waals surface area contributed by atoms with Gasteiger partial charge in [0.2, 0.25) is 5.65 Å². The van der Waals surface area contributed by atoms with Crippen molar-refractivity contribution >= 4 is 11.2 Å². The molecule has 1 aromatic carbocycles. The summed E-state index contributed by atoms with van der Waals surface area (Å²) in [5.74, 6) is 0. The van der Waals surface area contributed by atoms with Gasteiger partial charge in [0.25, 0.3) is 0 Å². The molecule has 0 atom stereocenters. The Morgan fingerprint density at radius 3 is 2.70 bits per heavy atom. The monoisotopic (exact) mass is 263 g/mol. The van der Waals surface area contributed by atoms with Gasteiger partial charge in [0.1, 0.15) is 23.2 Å². The van der Waals surface area contributed by atoms with Crippen LogP contribution in [0, 0.1) is 0 Å². The molecule has 0 aliphatic heterocycles. The maximum absolute atomic E-state index is 4.92. The Balaban J connectivity index is 2.04. The second kappa shape index (κ2) is 4.27. The number of hydrogen-bond acceptors (Lipinski definition) is 5. The number of fused-ring (bicyclic) bond motifs is 1. The summed E-state index contributed by atoms with van der Waals surface area (Å²) in [6, 6.07) is 13.7. The molecular formula is C14H9N5O. The molecule has 20 heavy (non-hydrogen) atoms. The molecule has 3 heterocycles. The minimum Gasteiger partial charge on any atom is -0.364 e. The van der Waals surface area contributed by atoms with Gasteiger partial charge >= 0.3 is 0 Å². The SMILES string of the molecule is c1ccc(-c2cc3n[nH]nc3nc2-c2ccon2)cc1. The number of nitrogens with zero attached hydrogens (tertiary/aromatic N) is 4. The lowest BCUT2D eigenvalue weighted by Crippen LogP contribution is -1.91. The standard InChI is InChI=1S/C14H9N5O/c1-2-4-9(5-3-1)10-8-12-14(17-19-16-12)15-13(10)11-6-7-20-18-11/h1-8H,(H,15,16,17,19). The van der Waals surface area contributed by atoms with Gasteiger partial charge in [-0.25, -0.2) is 4.98 Å². The normalized spacial score (nSPS) is 11.0. The summed E-state index contributed by atoms with van der Waals surface area (Å²) in [7, 11) is 0. The van der Waals surface area contributed by atoms with Crippen molar-refractivity contribution in [3.8, 4) is 22.5 Å². The highest BCUT2D eigenvalue weighted by Gasteiger charge is 2.14. The van der Waals surface area contributed by atoms with Gasteiger partial charge in [0.05, 0.1) is 0 Å². The van der Waals surface area contributed by atoms with Gasteiger partial charge in [-0.1, -0.05) is 35.5 Å². The lowest BCUT2D eigenvalue weighted by molar-refractivity contribution is 0.422. The summed E-state index contributed by atoms with van der Waals surface area (Å²) in [5, 5.41) is 14.7. The number of aromatic amines is 1. The Morgan fingerprint density at radius 1 is 1.00 bits per heavy atom. The summed E-state index contributed by atoms with van der Waals surface area (Å²) < 4.78 is 4.92. The summed E-state index contributed by atoms with van der Waals surface area (Å²) in [6.07, 6.45) is 1.53. The van der Waals surface area contributed by atoms with Gasteiger partial charge < -0.3 is 4.52 Å². The van der Waals surface area contributed by atoms with Gasteiger partial charge in [0, 0.05) is 11.6 Å². The first-order chi connectivity index (χ1) is 9.92. The molecule has 6 heteroatoms. The number of rotatable bonds is 2. The van der Waals surface area contributed by atoms with Crippen molar-refractivity contribution in [2.45, 2.75) is 0 Å². The van der Waals surface area contributed by atoms with Gasteiger partial charge in [-0.2, -0.15) is 10.3 Å². The highest BCUT2D eigenvalue weighted by Crippen LogP contribution is 2.31. The summed E-state index contributed by atoms with van der Waals surface area (Å²) in [6.45, 7) is 0. The average molecular weight is 263 g/mol. The zero-order chi connectivity index (χ0) is 13.4. The smallest absolute Gasteiger partial charge is 0.202 e. The van der Waals surface area contributed by atoms with Crippen LogP contribution in [0.5, 0.6) is 0 Å². The zero-order valence-corrected chi connectivity index (χ0v) is 10.3. The van der Waals surface area contributed by atoms with E-state index in [1.54, 1.807) is 6.07 Å². The first-order valence-corrected chi connectivity index (χ1v) is 6.09. The molecule has 96 valence electrons. The van der Waals surface area contributed by atoms with E-state index in [1.807, 2.05) is 36.4 Å². The minimum atomic E-state index is 0.558. The zero-order valence-electron chi connectivity index (χ0n) is 10.3. The van der Waals surface area contributed by atoms with Crippen LogP contribution in [0.15, 0.2) is 53.3 Å². The molecule has 4 aromatic rings. The minimum absolute atomic E-state index is 0.558. The number of H-pyrrole nitrogens is 1. The van der Waals surface area contributed by atoms with Crippen molar-refractivity contribution < 1.29 is 4.52 Å². The topological polar surface area (TPSA) is 80.5 Å². The fourth-order valence-electron chi connectivity index (χ4n) is 2.15. The predicted molar refractivity (Wildman–Crippen MR) is 72.6 cm³/mol. The lowest BCUT2D eigenvalue weighted by atomic mass is 10.0. The number of aromatic nitrogens is 5. The van der Waals surface area contributed by atoms with Crippen LogP contribution in [0.25, 0.3) is 33.7 Å². The number of benzene rings is 1. The van der Waals surface area contributed by atoms with Crippen molar-refractivity contribution in [2.24, 2.45) is 0 Å². The van der Waals surface area contributed by atoms with Crippen LogP contribution >= 0.6 is 0 Å². The van der Waals surface area contributed by atoms with E-state index in [9.17, 15) is 0 Å². The molecular weight excluding hydrogens is 254 g/mol. The van der Waals surface area contributed by atoms with Crippen molar-refractivity contribution in [3.05, 3.63) is 48.7 Å². The maximum Gasteiger partial charge on any atom is 0.202 e. The number of pyridine rings is 1. The van der Waals surface area contributed by atoms with Crippen LogP contribution < -0.4 is 0 Å². The highest BCUT2D eigenvalue weighted by atomic mass is 16.5. The molecule has 0 aliphatic rings. The third kappa shape index (κ3) is 1.66. The van der Waals surface area contributed by atoms with Crippen LogP contribution in [0.4, 0.5) is 0 Å². The van der Waals surface area contributed by atoms with E-state index in [1.165, 1.54) is 6.26 Å². The van der Waals surface area contributed by atoms with Gasteiger partial charge in [-0.3, -0.25) is 0 Å². The molecule has 1 N–H and O–H groups in total. The first kappa shape index (κ1) is 10.9. The molecule has 6 nitrogen and oxygen atoms in total. The molecule has 0 saturated carbocycles. The van der Waals surface area contributed by atoms with Gasteiger partial charge in [-0.15, -0.1) is 5.10 Å². The van der Waals surface area contributed by atoms with Crippen LogP contribution in [0.3, 0.4) is 0 Å².